The maximum Gasteiger partial charge on any atom is 0.243 e. The SMILES string of the molecule is CC(NC(=O)C1CCN(S(=O)(=O)c2ccc(F)cc2)CC1)C(=O)NCc1ccco1. The molecule has 1 unspecified atom stereocenters. The number of benzene rings is 1. The summed E-state index contributed by atoms with van der Waals surface area (Å²) in [5.41, 5.74) is 0. The minimum absolute atomic E-state index is 0.0219. The summed E-state index contributed by atoms with van der Waals surface area (Å²) in [6.07, 6.45) is 2.19. The first-order valence-corrected chi connectivity index (χ1v) is 11.1. The Morgan fingerprint density at radius 3 is 2.47 bits per heavy atom. The number of amides is 2. The van der Waals surface area contributed by atoms with E-state index in [0.717, 1.165) is 12.1 Å². The lowest BCUT2D eigenvalue weighted by Gasteiger charge is -2.31. The summed E-state index contributed by atoms with van der Waals surface area (Å²) in [6, 6.07) is 7.39. The topological polar surface area (TPSA) is 109 Å². The van der Waals surface area contributed by atoms with E-state index in [4.69, 9.17) is 4.42 Å². The van der Waals surface area contributed by atoms with E-state index >= 15 is 0 Å². The number of nitrogens with zero attached hydrogens (tertiary/aromatic N) is 1. The van der Waals surface area contributed by atoms with Crippen molar-refractivity contribution in [3.63, 3.8) is 0 Å². The molecule has 0 aliphatic carbocycles. The molecule has 10 heteroatoms. The highest BCUT2D eigenvalue weighted by atomic mass is 32.2. The molecule has 2 aromatic rings. The number of piperidine rings is 1. The molecule has 8 nitrogen and oxygen atoms in total. The average Bonchev–Trinajstić information content (AvgIpc) is 3.26. The van der Waals surface area contributed by atoms with Crippen LogP contribution in [0.15, 0.2) is 52.0 Å². The molecule has 2 amide bonds. The molecule has 1 saturated heterocycles. The number of nitrogens with one attached hydrogen (secondary N) is 2. The molecule has 1 aromatic carbocycles. The van der Waals surface area contributed by atoms with Crippen molar-refractivity contribution in [3.05, 3.63) is 54.2 Å². The molecule has 0 bridgehead atoms. The van der Waals surface area contributed by atoms with Crippen LogP contribution in [-0.2, 0) is 26.2 Å². The lowest BCUT2D eigenvalue weighted by Crippen LogP contribution is -2.49. The van der Waals surface area contributed by atoms with Crippen molar-refractivity contribution in [3.8, 4) is 0 Å². The fourth-order valence-corrected chi connectivity index (χ4v) is 4.72. The number of sulfonamides is 1. The van der Waals surface area contributed by atoms with Crippen LogP contribution < -0.4 is 10.6 Å². The van der Waals surface area contributed by atoms with Gasteiger partial charge in [0.05, 0.1) is 17.7 Å². The Hall–Kier alpha value is -2.72. The van der Waals surface area contributed by atoms with Crippen LogP contribution in [0.3, 0.4) is 0 Å². The number of hydrogen-bond acceptors (Lipinski definition) is 5. The van der Waals surface area contributed by atoms with Gasteiger partial charge < -0.3 is 15.1 Å². The molecule has 2 N–H and O–H groups in total. The standard InChI is InChI=1S/C20H24FN3O5S/c1-14(19(25)22-13-17-3-2-12-29-17)23-20(26)15-8-10-24(11-9-15)30(27,28)18-6-4-16(21)5-7-18/h2-7,12,14-15H,8-11,13H2,1H3,(H,22,25)(H,23,26). The van der Waals surface area contributed by atoms with Crippen LogP contribution >= 0.6 is 0 Å². The van der Waals surface area contributed by atoms with Gasteiger partial charge in [-0.2, -0.15) is 4.31 Å². The summed E-state index contributed by atoms with van der Waals surface area (Å²) in [4.78, 5) is 24.7. The Morgan fingerprint density at radius 1 is 1.20 bits per heavy atom. The Labute approximate surface area is 174 Å². The van der Waals surface area contributed by atoms with Crippen LogP contribution in [0.25, 0.3) is 0 Å². The number of carbonyl (C=O) groups is 2. The van der Waals surface area contributed by atoms with Crippen molar-refractivity contribution in [2.45, 2.75) is 37.2 Å². The van der Waals surface area contributed by atoms with Crippen molar-refractivity contribution >= 4 is 21.8 Å². The van der Waals surface area contributed by atoms with E-state index in [1.807, 2.05) is 0 Å². The molecular formula is C20H24FN3O5S. The lowest BCUT2D eigenvalue weighted by molar-refractivity contribution is -0.131. The van der Waals surface area contributed by atoms with Gasteiger partial charge in [0.2, 0.25) is 21.8 Å². The summed E-state index contributed by atoms with van der Waals surface area (Å²) < 4.78 is 44.8. The molecule has 0 radical (unpaired) electrons. The third kappa shape index (κ3) is 5.25. The van der Waals surface area contributed by atoms with Gasteiger partial charge in [-0.3, -0.25) is 9.59 Å². The molecule has 1 aliphatic rings. The number of rotatable bonds is 7. The van der Waals surface area contributed by atoms with Crippen molar-refractivity contribution in [2.24, 2.45) is 5.92 Å². The highest BCUT2D eigenvalue weighted by molar-refractivity contribution is 7.89. The molecule has 1 fully saturated rings. The Bertz CT molecular complexity index is 968. The number of hydrogen-bond donors (Lipinski definition) is 2. The molecule has 2 heterocycles. The zero-order valence-electron chi connectivity index (χ0n) is 16.5. The quantitative estimate of drug-likeness (QED) is 0.685. The first-order valence-electron chi connectivity index (χ1n) is 9.63. The molecule has 0 saturated carbocycles. The van der Waals surface area contributed by atoms with Gasteiger partial charge in [-0.15, -0.1) is 0 Å². The van der Waals surface area contributed by atoms with Crippen molar-refractivity contribution in [1.29, 1.82) is 0 Å². The van der Waals surface area contributed by atoms with Crippen LogP contribution in [0.5, 0.6) is 0 Å². The maximum absolute atomic E-state index is 13.1. The molecule has 1 aliphatic heterocycles. The fourth-order valence-electron chi connectivity index (χ4n) is 3.25. The molecule has 1 atom stereocenters. The van der Waals surface area contributed by atoms with E-state index in [1.165, 1.54) is 22.7 Å². The number of carbonyl (C=O) groups excluding carboxylic acids is 2. The van der Waals surface area contributed by atoms with Gasteiger partial charge in [-0.1, -0.05) is 0 Å². The van der Waals surface area contributed by atoms with Crippen molar-refractivity contribution in [2.75, 3.05) is 13.1 Å². The Morgan fingerprint density at radius 2 is 1.87 bits per heavy atom. The van der Waals surface area contributed by atoms with Crippen LogP contribution in [0.1, 0.15) is 25.5 Å². The fraction of sp³-hybridized carbons (Fsp3) is 0.400. The summed E-state index contributed by atoms with van der Waals surface area (Å²) >= 11 is 0. The smallest absolute Gasteiger partial charge is 0.243 e. The second-order valence-electron chi connectivity index (χ2n) is 7.16. The molecule has 1 aromatic heterocycles. The highest BCUT2D eigenvalue weighted by Crippen LogP contribution is 2.24. The van der Waals surface area contributed by atoms with E-state index in [9.17, 15) is 22.4 Å². The van der Waals surface area contributed by atoms with Crippen LogP contribution in [0.4, 0.5) is 4.39 Å². The minimum Gasteiger partial charge on any atom is -0.467 e. The number of halogens is 1. The van der Waals surface area contributed by atoms with E-state index in [2.05, 4.69) is 10.6 Å². The first-order chi connectivity index (χ1) is 14.3. The molecular weight excluding hydrogens is 413 g/mol. The highest BCUT2D eigenvalue weighted by Gasteiger charge is 2.32. The predicted octanol–water partition coefficient (Wildman–Crippen LogP) is 1.64. The van der Waals surface area contributed by atoms with Gasteiger partial charge in [-0.05, 0) is 56.2 Å². The monoisotopic (exact) mass is 437 g/mol. The van der Waals surface area contributed by atoms with Crippen molar-refractivity contribution < 1.29 is 26.8 Å². The molecule has 0 spiro atoms. The first kappa shape index (κ1) is 22.0. The van der Waals surface area contributed by atoms with Crippen LogP contribution in [-0.4, -0.2) is 43.7 Å². The van der Waals surface area contributed by atoms with E-state index in [0.29, 0.717) is 18.6 Å². The lowest BCUT2D eigenvalue weighted by atomic mass is 9.97. The van der Waals surface area contributed by atoms with Gasteiger partial charge in [-0.25, -0.2) is 12.8 Å². The largest absolute Gasteiger partial charge is 0.467 e. The number of furan rings is 1. The zero-order valence-corrected chi connectivity index (χ0v) is 17.3. The minimum atomic E-state index is -3.73. The van der Waals surface area contributed by atoms with Gasteiger partial charge in [0.25, 0.3) is 0 Å². The summed E-state index contributed by atoms with van der Waals surface area (Å²) in [6.45, 7) is 2.17. The summed E-state index contributed by atoms with van der Waals surface area (Å²) in [5, 5.41) is 5.36. The van der Waals surface area contributed by atoms with E-state index in [1.54, 1.807) is 19.1 Å². The van der Waals surface area contributed by atoms with E-state index < -0.39 is 21.9 Å². The second kappa shape index (κ2) is 9.40. The molecule has 162 valence electrons. The molecule has 3 rings (SSSR count). The third-order valence-electron chi connectivity index (χ3n) is 5.05. The van der Waals surface area contributed by atoms with Gasteiger partial charge in [0.15, 0.2) is 0 Å². The summed E-state index contributed by atoms with van der Waals surface area (Å²) in [7, 11) is -3.73. The van der Waals surface area contributed by atoms with Gasteiger partial charge >= 0.3 is 0 Å². The van der Waals surface area contributed by atoms with Crippen LogP contribution in [0.2, 0.25) is 0 Å². The Kier molecular flexibility index (Phi) is 6.88. The third-order valence-corrected chi connectivity index (χ3v) is 6.96. The van der Waals surface area contributed by atoms with Gasteiger partial charge in [0, 0.05) is 19.0 Å². The predicted molar refractivity (Wildman–Crippen MR) is 106 cm³/mol. The van der Waals surface area contributed by atoms with Crippen LogP contribution in [0, 0.1) is 11.7 Å². The molecule has 30 heavy (non-hydrogen) atoms. The average molecular weight is 437 g/mol. The van der Waals surface area contributed by atoms with Gasteiger partial charge in [0.1, 0.15) is 17.6 Å². The summed E-state index contributed by atoms with van der Waals surface area (Å²) in [5.74, 6) is -0.904. The maximum atomic E-state index is 13.1. The zero-order chi connectivity index (χ0) is 21.7. The second-order valence-corrected chi connectivity index (χ2v) is 9.10. The van der Waals surface area contributed by atoms with E-state index in [-0.39, 0.29) is 42.3 Å². The Balaban J connectivity index is 1.48. The normalized spacial score (nSPS) is 16.7. The van der Waals surface area contributed by atoms with Crippen molar-refractivity contribution in [1.82, 2.24) is 14.9 Å².